The second kappa shape index (κ2) is 7.61. The van der Waals surface area contributed by atoms with Gasteiger partial charge in [-0.3, -0.25) is 14.9 Å². The summed E-state index contributed by atoms with van der Waals surface area (Å²) in [6, 6.07) is -0.553. The number of carbonyl (C=O) groups excluding carboxylic acids is 3. The van der Waals surface area contributed by atoms with Crippen molar-refractivity contribution in [3.8, 4) is 0 Å². The molecule has 0 aromatic carbocycles. The fraction of sp³-hybridized carbons (Fsp3) is 0.812. The molecule has 0 saturated heterocycles. The molecule has 3 amide bonds. The van der Waals surface area contributed by atoms with Crippen LogP contribution in [0.4, 0.5) is 4.79 Å². The molecule has 0 heterocycles. The van der Waals surface area contributed by atoms with Gasteiger partial charge in [-0.05, 0) is 42.9 Å². The molecule has 6 heteroatoms. The molecule has 2 rings (SSSR count). The van der Waals surface area contributed by atoms with Gasteiger partial charge < -0.3 is 10.1 Å². The van der Waals surface area contributed by atoms with E-state index in [1.54, 1.807) is 0 Å². The van der Waals surface area contributed by atoms with Crippen LogP contribution >= 0.6 is 0 Å². The molecule has 0 aliphatic heterocycles. The molecular weight excluding hydrogens is 284 g/mol. The largest absolute Gasteiger partial charge is 0.456 e. The van der Waals surface area contributed by atoms with E-state index in [1.165, 1.54) is 19.3 Å². The van der Waals surface area contributed by atoms with Crippen LogP contribution in [0.15, 0.2) is 0 Å². The standard InChI is InChI=1S/C16H26N2O4/c1-10(2)8-17-16(21)18-14(19)9-22-15(20)7-13-6-11-3-4-12(13)5-11/h10-13H,3-9H2,1-2H3,(H2,17,18,19,21). The number of urea groups is 1. The van der Waals surface area contributed by atoms with E-state index in [2.05, 4.69) is 10.6 Å². The van der Waals surface area contributed by atoms with Gasteiger partial charge in [-0.2, -0.15) is 0 Å². The Bertz CT molecular complexity index is 436. The van der Waals surface area contributed by atoms with Crippen molar-refractivity contribution in [3.05, 3.63) is 0 Å². The molecule has 2 aliphatic rings. The Kier molecular flexibility index (Phi) is 5.80. The van der Waals surface area contributed by atoms with E-state index in [1.807, 2.05) is 13.8 Å². The van der Waals surface area contributed by atoms with Crippen LogP contribution < -0.4 is 10.6 Å². The minimum absolute atomic E-state index is 0.306. The number of hydrogen-bond acceptors (Lipinski definition) is 4. The molecule has 2 aliphatic carbocycles. The van der Waals surface area contributed by atoms with Crippen molar-refractivity contribution in [2.75, 3.05) is 13.2 Å². The minimum atomic E-state index is -0.595. The Balaban J connectivity index is 1.59. The average Bonchev–Trinajstić information content (AvgIpc) is 3.05. The van der Waals surface area contributed by atoms with E-state index in [-0.39, 0.29) is 5.97 Å². The number of amides is 3. The highest BCUT2D eigenvalue weighted by Gasteiger charge is 2.40. The van der Waals surface area contributed by atoms with Crippen molar-refractivity contribution in [2.24, 2.45) is 23.7 Å². The zero-order valence-electron chi connectivity index (χ0n) is 13.4. The quantitative estimate of drug-likeness (QED) is 0.733. The third-order valence-corrected chi connectivity index (χ3v) is 4.60. The molecule has 2 saturated carbocycles. The Morgan fingerprint density at radius 3 is 2.55 bits per heavy atom. The van der Waals surface area contributed by atoms with Gasteiger partial charge in [0.15, 0.2) is 6.61 Å². The molecule has 0 aromatic heterocycles. The number of fused-ring (bicyclic) bond motifs is 2. The lowest BCUT2D eigenvalue weighted by Gasteiger charge is -2.20. The molecular formula is C16H26N2O4. The van der Waals surface area contributed by atoms with E-state index in [9.17, 15) is 14.4 Å². The maximum atomic E-state index is 11.8. The Morgan fingerprint density at radius 1 is 1.18 bits per heavy atom. The van der Waals surface area contributed by atoms with Crippen LogP contribution in [-0.2, 0) is 14.3 Å². The topological polar surface area (TPSA) is 84.5 Å². The molecule has 6 nitrogen and oxygen atoms in total. The third kappa shape index (κ3) is 5.00. The summed E-state index contributed by atoms with van der Waals surface area (Å²) in [4.78, 5) is 34.7. The first kappa shape index (κ1) is 16.8. The van der Waals surface area contributed by atoms with Gasteiger partial charge in [-0.1, -0.05) is 20.3 Å². The van der Waals surface area contributed by atoms with Gasteiger partial charge >= 0.3 is 12.0 Å². The smallest absolute Gasteiger partial charge is 0.321 e. The summed E-state index contributed by atoms with van der Waals surface area (Å²) < 4.78 is 4.97. The van der Waals surface area contributed by atoms with E-state index in [0.29, 0.717) is 30.7 Å². The van der Waals surface area contributed by atoms with Crippen molar-refractivity contribution in [2.45, 2.75) is 46.0 Å². The van der Waals surface area contributed by atoms with Crippen LogP contribution in [-0.4, -0.2) is 31.1 Å². The summed E-state index contributed by atoms with van der Waals surface area (Å²) in [6.45, 7) is 4.01. The van der Waals surface area contributed by atoms with Gasteiger partial charge in [0.2, 0.25) is 0 Å². The molecule has 3 atom stereocenters. The first-order chi connectivity index (χ1) is 10.4. The fourth-order valence-corrected chi connectivity index (χ4v) is 3.55. The number of rotatable bonds is 6. The van der Waals surface area contributed by atoms with Crippen LogP contribution in [0, 0.1) is 23.7 Å². The molecule has 0 spiro atoms. The van der Waals surface area contributed by atoms with E-state index in [0.717, 1.165) is 12.3 Å². The van der Waals surface area contributed by atoms with Crippen LogP contribution in [0.3, 0.4) is 0 Å². The first-order valence-electron chi connectivity index (χ1n) is 8.17. The van der Waals surface area contributed by atoms with Gasteiger partial charge in [0.25, 0.3) is 5.91 Å². The molecule has 0 radical (unpaired) electrons. The minimum Gasteiger partial charge on any atom is -0.456 e. The molecule has 2 bridgehead atoms. The summed E-state index contributed by atoms with van der Waals surface area (Å²) in [5.41, 5.74) is 0. The van der Waals surface area contributed by atoms with E-state index < -0.39 is 18.5 Å². The van der Waals surface area contributed by atoms with Crippen molar-refractivity contribution in [1.29, 1.82) is 0 Å². The van der Waals surface area contributed by atoms with Crippen LogP contribution in [0.2, 0.25) is 0 Å². The lowest BCUT2D eigenvalue weighted by atomic mass is 9.86. The van der Waals surface area contributed by atoms with Crippen molar-refractivity contribution < 1.29 is 19.1 Å². The highest BCUT2D eigenvalue weighted by Crippen LogP contribution is 2.49. The van der Waals surface area contributed by atoms with Crippen molar-refractivity contribution >= 4 is 17.9 Å². The van der Waals surface area contributed by atoms with E-state index >= 15 is 0 Å². The van der Waals surface area contributed by atoms with E-state index in [4.69, 9.17) is 4.74 Å². The number of carbonyl (C=O) groups is 3. The predicted octanol–water partition coefficient (Wildman–Crippen LogP) is 1.84. The van der Waals surface area contributed by atoms with Gasteiger partial charge in [0, 0.05) is 13.0 Å². The number of imide groups is 1. The number of nitrogens with one attached hydrogen (secondary N) is 2. The van der Waals surface area contributed by atoms with Gasteiger partial charge in [0.05, 0.1) is 0 Å². The second-order valence-corrected chi connectivity index (χ2v) is 6.95. The molecule has 22 heavy (non-hydrogen) atoms. The molecule has 2 N–H and O–H groups in total. The van der Waals surface area contributed by atoms with Gasteiger partial charge in [-0.15, -0.1) is 0 Å². The van der Waals surface area contributed by atoms with Crippen LogP contribution in [0.5, 0.6) is 0 Å². The van der Waals surface area contributed by atoms with Gasteiger partial charge in [-0.25, -0.2) is 4.79 Å². The van der Waals surface area contributed by atoms with Crippen LogP contribution in [0.1, 0.15) is 46.0 Å². The predicted molar refractivity (Wildman–Crippen MR) is 80.9 cm³/mol. The SMILES string of the molecule is CC(C)CNC(=O)NC(=O)COC(=O)CC1CC2CCC1C2. The average molecular weight is 310 g/mol. The molecule has 3 unspecified atom stereocenters. The van der Waals surface area contributed by atoms with Crippen molar-refractivity contribution in [1.82, 2.24) is 10.6 Å². The normalized spacial score (nSPS) is 26.0. The third-order valence-electron chi connectivity index (χ3n) is 4.60. The molecule has 2 fully saturated rings. The van der Waals surface area contributed by atoms with Crippen molar-refractivity contribution in [3.63, 3.8) is 0 Å². The summed E-state index contributed by atoms with van der Waals surface area (Å²) in [5, 5.41) is 4.71. The molecule has 124 valence electrons. The summed E-state index contributed by atoms with van der Waals surface area (Å²) in [6.07, 6.45) is 5.27. The van der Waals surface area contributed by atoms with Crippen LogP contribution in [0.25, 0.3) is 0 Å². The first-order valence-corrected chi connectivity index (χ1v) is 8.17. The highest BCUT2D eigenvalue weighted by molar-refractivity contribution is 5.95. The number of hydrogen-bond donors (Lipinski definition) is 2. The number of esters is 1. The molecule has 0 aromatic rings. The summed E-state index contributed by atoms with van der Waals surface area (Å²) >= 11 is 0. The lowest BCUT2D eigenvalue weighted by Crippen LogP contribution is -2.42. The second-order valence-electron chi connectivity index (χ2n) is 6.95. The number of ether oxygens (including phenoxy) is 1. The lowest BCUT2D eigenvalue weighted by molar-refractivity contribution is -0.149. The fourth-order valence-electron chi connectivity index (χ4n) is 3.55. The Labute approximate surface area is 131 Å². The highest BCUT2D eigenvalue weighted by atomic mass is 16.5. The Hall–Kier alpha value is -1.59. The summed E-state index contributed by atoms with van der Waals surface area (Å²) in [7, 11) is 0. The maximum Gasteiger partial charge on any atom is 0.321 e. The zero-order valence-corrected chi connectivity index (χ0v) is 13.4. The monoisotopic (exact) mass is 310 g/mol. The Morgan fingerprint density at radius 2 is 1.95 bits per heavy atom. The van der Waals surface area contributed by atoms with Gasteiger partial charge in [0.1, 0.15) is 0 Å². The maximum absolute atomic E-state index is 11.8. The summed E-state index contributed by atoms with van der Waals surface area (Å²) in [5.74, 6) is 1.24. The zero-order chi connectivity index (χ0) is 16.1.